The fourth-order valence-corrected chi connectivity index (χ4v) is 4.06. The summed E-state index contributed by atoms with van der Waals surface area (Å²) in [4.78, 5) is 11.5. The number of rotatable bonds is 6. The normalized spacial score (nSPS) is 19.2. The average molecular weight is 418 g/mol. The lowest BCUT2D eigenvalue weighted by atomic mass is 10.2. The number of carbonyl (C=O) groups excluding carboxylic acids is 1. The summed E-state index contributed by atoms with van der Waals surface area (Å²) in [7, 11) is -4.32. The van der Waals surface area contributed by atoms with Gasteiger partial charge in [0.25, 0.3) is 10.1 Å². The Kier molecular flexibility index (Phi) is 6.75. The van der Waals surface area contributed by atoms with Crippen molar-refractivity contribution in [1.82, 2.24) is 0 Å². The number of benzene rings is 1. The molecule has 1 heterocycles. The fourth-order valence-electron chi connectivity index (χ4n) is 2.05. The van der Waals surface area contributed by atoms with Crippen LogP contribution in [0, 0.1) is 0 Å². The Morgan fingerprint density at radius 1 is 1.29 bits per heavy atom. The highest BCUT2D eigenvalue weighted by Crippen LogP contribution is 2.32. The van der Waals surface area contributed by atoms with Crippen LogP contribution < -0.4 is 0 Å². The van der Waals surface area contributed by atoms with Crippen LogP contribution in [-0.4, -0.2) is 39.8 Å². The van der Waals surface area contributed by atoms with Gasteiger partial charge in [-0.25, -0.2) is 4.79 Å². The maximum Gasteiger partial charge on any atom is 0.336 e. The molecule has 1 aliphatic rings. The quantitative estimate of drug-likeness (QED) is 0.401. The van der Waals surface area contributed by atoms with Crippen LogP contribution in [0.2, 0.25) is 15.1 Å². The van der Waals surface area contributed by atoms with Gasteiger partial charge in [-0.2, -0.15) is 8.42 Å². The first-order chi connectivity index (χ1) is 11.2. The monoisotopic (exact) mass is 416 g/mol. The number of halogens is 3. The summed E-state index contributed by atoms with van der Waals surface area (Å²) < 4.78 is 39.7. The van der Waals surface area contributed by atoms with E-state index in [9.17, 15) is 13.2 Å². The topological polar surface area (TPSA) is 78.9 Å². The van der Waals surface area contributed by atoms with Crippen LogP contribution >= 0.6 is 34.8 Å². The SMILES string of the molecule is CC(OS(=O)(=O)c1cc(Cl)c(Cl)cc1Cl)C(=O)OCC1CCCO1. The van der Waals surface area contributed by atoms with E-state index in [4.69, 9.17) is 48.5 Å². The van der Waals surface area contributed by atoms with Crippen LogP contribution in [0.1, 0.15) is 19.8 Å². The van der Waals surface area contributed by atoms with Crippen molar-refractivity contribution in [2.75, 3.05) is 13.2 Å². The second-order valence-corrected chi connectivity index (χ2v) is 7.92. The van der Waals surface area contributed by atoms with Crippen molar-refractivity contribution in [3.8, 4) is 0 Å². The first-order valence-electron chi connectivity index (χ1n) is 7.07. The van der Waals surface area contributed by atoms with Gasteiger partial charge < -0.3 is 9.47 Å². The third-order valence-electron chi connectivity index (χ3n) is 3.28. The molecule has 1 aliphatic heterocycles. The molecular weight excluding hydrogens is 403 g/mol. The average Bonchev–Trinajstić information content (AvgIpc) is 3.01. The Balaban J connectivity index is 2.02. The van der Waals surface area contributed by atoms with Crippen LogP contribution in [0.4, 0.5) is 0 Å². The predicted molar refractivity (Wildman–Crippen MR) is 89.1 cm³/mol. The molecule has 134 valence electrons. The second kappa shape index (κ2) is 8.21. The maximum absolute atomic E-state index is 12.3. The molecule has 0 amide bonds. The smallest absolute Gasteiger partial charge is 0.336 e. The van der Waals surface area contributed by atoms with E-state index in [2.05, 4.69) is 0 Å². The van der Waals surface area contributed by atoms with Crippen molar-refractivity contribution in [2.24, 2.45) is 0 Å². The van der Waals surface area contributed by atoms with Gasteiger partial charge in [-0.1, -0.05) is 34.8 Å². The van der Waals surface area contributed by atoms with Gasteiger partial charge in [-0.15, -0.1) is 0 Å². The lowest BCUT2D eigenvalue weighted by Crippen LogP contribution is -2.29. The van der Waals surface area contributed by atoms with Gasteiger partial charge in [0.05, 0.1) is 21.2 Å². The molecule has 10 heteroatoms. The Morgan fingerprint density at radius 3 is 2.58 bits per heavy atom. The standard InChI is InChI=1S/C14H15Cl3O6S/c1-8(14(18)22-7-9-3-2-4-21-9)23-24(19,20)13-6-11(16)10(15)5-12(13)17/h5-6,8-9H,2-4,7H2,1H3. The van der Waals surface area contributed by atoms with Gasteiger partial charge in [-0.05, 0) is 31.9 Å². The zero-order valence-corrected chi connectivity index (χ0v) is 15.7. The minimum atomic E-state index is -4.32. The number of esters is 1. The van der Waals surface area contributed by atoms with Crippen LogP contribution in [0.5, 0.6) is 0 Å². The summed E-state index contributed by atoms with van der Waals surface area (Å²) in [6.07, 6.45) is 0.183. The summed E-state index contributed by atoms with van der Waals surface area (Å²) in [5.74, 6) is -0.815. The van der Waals surface area contributed by atoms with E-state index in [0.717, 1.165) is 18.9 Å². The molecule has 1 aromatic rings. The molecule has 2 rings (SSSR count). The lowest BCUT2D eigenvalue weighted by molar-refractivity contribution is -0.154. The molecule has 2 unspecified atom stereocenters. The second-order valence-electron chi connectivity index (χ2n) is 5.15. The molecule has 0 radical (unpaired) electrons. The summed E-state index contributed by atoms with van der Waals surface area (Å²) in [5.41, 5.74) is 0. The fraction of sp³-hybridized carbons (Fsp3) is 0.500. The number of hydrogen-bond acceptors (Lipinski definition) is 6. The van der Waals surface area contributed by atoms with Crippen molar-refractivity contribution in [2.45, 2.75) is 36.9 Å². The van der Waals surface area contributed by atoms with Crippen LogP contribution in [0.25, 0.3) is 0 Å². The molecule has 1 fully saturated rings. The highest BCUT2D eigenvalue weighted by atomic mass is 35.5. The third-order valence-corrected chi connectivity index (χ3v) is 5.85. The van der Waals surface area contributed by atoms with Crippen LogP contribution in [0.15, 0.2) is 17.0 Å². The van der Waals surface area contributed by atoms with Gasteiger partial charge in [0.15, 0.2) is 6.10 Å². The molecule has 0 N–H and O–H groups in total. The van der Waals surface area contributed by atoms with Gasteiger partial charge in [0.1, 0.15) is 11.5 Å². The predicted octanol–water partition coefficient (Wildman–Crippen LogP) is 3.46. The molecular formula is C14H15Cl3O6S. The molecule has 1 saturated heterocycles. The maximum atomic E-state index is 12.3. The van der Waals surface area contributed by atoms with Gasteiger partial charge in [0, 0.05) is 6.61 Å². The molecule has 24 heavy (non-hydrogen) atoms. The van der Waals surface area contributed by atoms with E-state index < -0.39 is 22.2 Å². The molecule has 0 bridgehead atoms. The highest BCUT2D eigenvalue weighted by Gasteiger charge is 2.28. The summed E-state index contributed by atoms with van der Waals surface area (Å²) >= 11 is 17.4. The van der Waals surface area contributed by atoms with E-state index in [-0.39, 0.29) is 32.7 Å². The van der Waals surface area contributed by atoms with Crippen LogP contribution in [-0.2, 0) is 28.6 Å². The van der Waals surface area contributed by atoms with Gasteiger partial charge >= 0.3 is 5.97 Å². The largest absolute Gasteiger partial charge is 0.461 e. The van der Waals surface area contributed by atoms with E-state index in [1.807, 2.05) is 0 Å². The molecule has 2 atom stereocenters. The van der Waals surface area contributed by atoms with Crippen LogP contribution in [0.3, 0.4) is 0 Å². The van der Waals surface area contributed by atoms with E-state index in [1.165, 1.54) is 13.0 Å². The Hall–Kier alpha value is -0.570. The molecule has 0 spiro atoms. The zero-order valence-electron chi connectivity index (χ0n) is 12.6. The minimum absolute atomic E-state index is 0.00291. The lowest BCUT2D eigenvalue weighted by Gasteiger charge is -2.15. The van der Waals surface area contributed by atoms with E-state index in [1.54, 1.807) is 0 Å². The van der Waals surface area contributed by atoms with E-state index >= 15 is 0 Å². The number of carbonyl (C=O) groups is 1. The highest BCUT2D eigenvalue weighted by molar-refractivity contribution is 7.87. The molecule has 1 aromatic carbocycles. The Bertz CT molecular complexity index is 715. The van der Waals surface area contributed by atoms with Crippen molar-refractivity contribution in [1.29, 1.82) is 0 Å². The minimum Gasteiger partial charge on any atom is -0.461 e. The van der Waals surface area contributed by atoms with Gasteiger partial charge in [-0.3, -0.25) is 4.18 Å². The summed E-state index contributed by atoms with van der Waals surface area (Å²) in [6, 6.07) is 2.24. The summed E-state index contributed by atoms with van der Waals surface area (Å²) in [5, 5.41) is -0.0641. The van der Waals surface area contributed by atoms with Crippen molar-refractivity contribution >= 4 is 50.9 Å². The number of hydrogen-bond donors (Lipinski definition) is 0. The summed E-state index contributed by atoms with van der Waals surface area (Å²) in [6.45, 7) is 1.94. The first kappa shape index (κ1) is 19.8. The Morgan fingerprint density at radius 2 is 1.96 bits per heavy atom. The van der Waals surface area contributed by atoms with Crippen molar-refractivity contribution in [3.63, 3.8) is 0 Å². The molecule has 0 aliphatic carbocycles. The van der Waals surface area contributed by atoms with Crippen molar-refractivity contribution < 1.29 is 26.9 Å². The van der Waals surface area contributed by atoms with Crippen molar-refractivity contribution in [3.05, 3.63) is 27.2 Å². The third kappa shape index (κ3) is 4.97. The Labute approximate surface area is 155 Å². The molecule has 6 nitrogen and oxygen atoms in total. The molecule has 0 aromatic heterocycles. The van der Waals surface area contributed by atoms with E-state index in [0.29, 0.717) is 6.61 Å². The van der Waals surface area contributed by atoms with Gasteiger partial charge in [0.2, 0.25) is 0 Å². The molecule has 0 saturated carbocycles. The zero-order chi connectivity index (χ0) is 17.9. The first-order valence-corrected chi connectivity index (χ1v) is 9.61. The number of ether oxygens (including phenoxy) is 2.